The number of hydrogen-bond acceptors (Lipinski definition) is 9. The molecule has 3 aliphatic rings. The molecule has 9 heteroatoms. The first-order valence-corrected chi connectivity index (χ1v) is 15.4. The van der Waals surface area contributed by atoms with Gasteiger partial charge in [-0.05, 0) is 87.3 Å². The first kappa shape index (κ1) is 31.2. The first-order valence-electron chi connectivity index (χ1n) is 15.4. The molecule has 0 aromatic heterocycles. The van der Waals surface area contributed by atoms with Gasteiger partial charge < -0.3 is 29.0 Å². The zero-order chi connectivity index (χ0) is 31.4. The lowest BCUT2D eigenvalue weighted by molar-refractivity contribution is -0.146. The largest absolute Gasteiger partial charge is 0.493 e. The van der Waals surface area contributed by atoms with Gasteiger partial charge in [-0.3, -0.25) is 9.59 Å². The predicted octanol–water partition coefficient (Wildman–Crippen LogP) is 6.27. The molecule has 0 unspecified atom stereocenters. The van der Waals surface area contributed by atoms with E-state index in [1.54, 1.807) is 32.4 Å². The number of nitrogens with one attached hydrogen (secondary N) is 1. The van der Waals surface area contributed by atoms with Crippen molar-refractivity contribution in [1.29, 1.82) is 0 Å². The minimum atomic E-state index is -0.674. The summed E-state index contributed by atoms with van der Waals surface area (Å²) < 4.78 is 28.2. The summed E-state index contributed by atoms with van der Waals surface area (Å²) in [7, 11) is 3.18. The van der Waals surface area contributed by atoms with E-state index < -0.39 is 17.9 Å². The van der Waals surface area contributed by atoms with Crippen molar-refractivity contribution in [3.63, 3.8) is 0 Å². The molecule has 1 saturated carbocycles. The minimum absolute atomic E-state index is 0.0546. The number of benzene rings is 2. The minimum Gasteiger partial charge on any atom is -0.493 e. The van der Waals surface area contributed by atoms with Crippen molar-refractivity contribution in [2.75, 3.05) is 20.8 Å². The quantitative estimate of drug-likeness (QED) is 0.262. The molecule has 9 nitrogen and oxygen atoms in total. The Kier molecular flexibility index (Phi) is 9.61. The summed E-state index contributed by atoms with van der Waals surface area (Å²) in [5.41, 5.74) is 4.04. The number of carbonyl (C=O) groups is 3. The number of esters is 2. The van der Waals surface area contributed by atoms with E-state index in [1.165, 1.54) is 6.92 Å². The first-order chi connectivity index (χ1) is 21.2. The summed E-state index contributed by atoms with van der Waals surface area (Å²) >= 11 is 0. The third-order valence-electron chi connectivity index (χ3n) is 8.61. The summed E-state index contributed by atoms with van der Waals surface area (Å²) in [6.07, 6.45) is 5.55. The average Bonchev–Trinajstić information content (AvgIpc) is 3.01. The van der Waals surface area contributed by atoms with Crippen molar-refractivity contribution in [3.05, 3.63) is 70.1 Å². The van der Waals surface area contributed by atoms with E-state index in [0.717, 1.165) is 43.4 Å². The molecule has 0 radical (unpaired) electrons. The summed E-state index contributed by atoms with van der Waals surface area (Å²) in [6, 6.07) is 10.9. The Morgan fingerprint density at radius 1 is 0.886 bits per heavy atom. The molecule has 2 aromatic rings. The molecule has 234 valence electrons. The number of methoxy groups -OCH3 is 2. The summed E-state index contributed by atoms with van der Waals surface area (Å²) in [6.45, 7) is 5.37. The Morgan fingerprint density at radius 3 is 2.25 bits per heavy atom. The number of allylic oxidation sites excluding steroid dienone is 3. The van der Waals surface area contributed by atoms with Crippen molar-refractivity contribution in [2.45, 2.75) is 83.7 Å². The highest BCUT2D eigenvalue weighted by Crippen LogP contribution is 2.48. The fraction of sp³-hybridized carbons (Fsp3) is 0.457. The Bertz CT molecular complexity index is 1500. The van der Waals surface area contributed by atoms with Gasteiger partial charge in [-0.25, -0.2) is 4.79 Å². The van der Waals surface area contributed by atoms with Gasteiger partial charge in [-0.2, -0.15) is 0 Å². The highest BCUT2D eigenvalue weighted by molar-refractivity contribution is 6.04. The van der Waals surface area contributed by atoms with Gasteiger partial charge in [0.1, 0.15) is 6.10 Å². The molecule has 0 bridgehead atoms. The lowest BCUT2D eigenvalue weighted by Gasteiger charge is -2.37. The molecule has 2 atom stereocenters. The summed E-state index contributed by atoms with van der Waals surface area (Å²) in [5, 5.41) is 3.43. The Labute approximate surface area is 258 Å². The standard InChI is InChI=1S/C35H41NO8/c1-6-42-31-19-23(13-15-29(31)43-21(3)37)33-32(35(39)44-25-10-8-7-9-11-25)20(2)36-26-16-24(17-27(38)34(26)33)22-12-14-28(40-4)30(18-22)41-5/h12-15,18-19,24-25,33,36H,6-11,16-17H2,1-5H3/t24-,33-/m1/s1. The SMILES string of the molecule is CCOc1cc([C@@H]2C(C(=O)OC3CCCCC3)=C(C)NC3=C2C(=O)C[C@H](c2ccc(OC)c(OC)c2)C3)ccc1OC(C)=O. The fourth-order valence-corrected chi connectivity index (χ4v) is 6.59. The molecular formula is C35H41NO8. The van der Waals surface area contributed by atoms with E-state index in [9.17, 15) is 14.4 Å². The Morgan fingerprint density at radius 2 is 1.57 bits per heavy atom. The maximum atomic E-state index is 14.1. The van der Waals surface area contributed by atoms with Crippen LogP contribution in [-0.4, -0.2) is 44.7 Å². The second-order valence-electron chi connectivity index (χ2n) is 11.5. The van der Waals surface area contributed by atoms with Crippen LogP contribution >= 0.6 is 0 Å². The van der Waals surface area contributed by atoms with Crippen molar-refractivity contribution in [1.82, 2.24) is 5.32 Å². The molecule has 0 spiro atoms. The maximum Gasteiger partial charge on any atom is 0.337 e. The van der Waals surface area contributed by atoms with E-state index in [4.69, 9.17) is 23.7 Å². The van der Waals surface area contributed by atoms with Gasteiger partial charge in [0.15, 0.2) is 28.8 Å². The maximum absolute atomic E-state index is 14.1. The molecule has 5 rings (SSSR count). The molecule has 2 aromatic carbocycles. The van der Waals surface area contributed by atoms with Crippen molar-refractivity contribution in [3.8, 4) is 23.0 Å². The van der Waals surface area contributed by atoms with Gasteiger partial charge in [0.2, 0.25) is 0 Å². The van der Waals surface area contributed by atoms with Crippen molar-refractivity contribution >= 4 is 17.7 Å². The number of ketones is 1. The number of carbonyl (C=O) groups excluding carboxylic acids is 3. The molecule has 1 aliphatic heterocycles. The highest BCUT2D eigenvalue weighted by atomic mass is 16.6. The average molecular weight is 604 g/mol. The number of rotatable bonds is 9. The van der Waals surface area contributed by atoms with E-state index in [2.05, 4.69) is 5.32 Å². The van der Waals surface area contributed by atoms with Crippen molar-refractivity contribution < 1.29 is 38.1 Å². The molecule has 0 saturated heterocycles. The summed E-state index contributed by atoms with van der Waals surface area (Å²) in [5.74, 6) is 0.155. The molecule has 0 amide bonds. The molecule has 1 N–H and O–H groups in total. The van der Waals surface area contributed by atoms with Gasteiger partial charge in [0.05, 0.1) is 26.4 Å². The smallest absolute Gasteiger partial charge is 0.337 e. The van der Waals surface area contributed by atoms with Gasteiger partial charge in [-0.15, -0.1) is 0 Å². The van der Waals surface area contributed by atoms with Crippen LogP contribution < -0.4 is 24.3 Å². The van der Waals surface area contributed by atoms with Crippen LogP contribution in [0.25, 0.3) is 0 Å². The van der Waals surface area contributed by atoms with E-state index in [0.29, 0.717) is 52.7 Å². The number of Topliss-reactive ketones (excluding diaryl/α,β-unsaturated/α-hetero) is 1. The predicted molar refractivity (Wildman–Crippen MR) is 164 cm³/mol. The third kappa shape index (κ3) is 6.47. The zero-order valence-corrected chi connectivity index (χ0v) is 26.1. The van der Waals surface area contributed by atoms with E-state index >= 15 is 0 Å². The summed E-state index contributed by atoms with van der Waals surface area (Å²) in [4.78, 5) is 39.8. The van der Waals surface area contributed by atoms with Crippen LogP contribution in [0.2, 0.25) is 0 Å². The lowest BCUT2D eigenvalue weighted by Crippen LogP contribution is -2.37. The van der Waals surface area contributed by atoms with Crippen LogP contribution in [0.4, 0.5) is 0 Å². The van der Waals surface area contributed by atoms with Crippen LogP contribution in [-0.2, 0) is 19.1 Å². The highest BCUT2D eigenvalue weighted by Gasteiger charge is 2.42. The number of ether oxygens (including phenoxy) is 5. The van der Waals surface area contributed by atoms with Gasteiger partial charge in [0.25, 0.3) is 0 Å². The van der Waals surface area contributed by atoms with E-state index in [-0.39, 0.29) is 30.0 Å². The molecular weight excluding hydrogens is 562 g/mol. The zero-order valence-electron chi connectivity index (χ0n) is 26.1. The normalized spacial score (nSPS) is 20.4. The molecule has 1 fully saturated rings. The van der Waals surface area contributed by atoms with Gasteiger partial charge in [-0.1, -0.05) is 18.6 Å². The fourth-order valence-electron chi connectivity index (χ4n) is 6.59. The van der Waals surface area contributed by atoms with Crippen LogP contribution in [0.5, 0.6) is 23.0 Å². The lowest BCUT2D eigenvalue weighted by atomic mass is 9.71. The van der Waals surface area contributed by atoms with E-state index in [1.807, 2.05) is 32.0 Å². The Hall–Kier alpha value is -4.27. The Balaban J connectivity index is 1.57. The van der Waals surface area contributed by atoms with Gasteiger partial charge in [0, 0.05) is 36.2 Å². The van der Waals surface area contributed by atoms with Crippen LogP contribution in [0, 0.1) is 0 Å². The van der Waals surface area contributed by atoms with Gasteiger partial charge >= 0.3 is 11.9 Å². The van der Waals surface area contributed by atoms with Crippen LogP contribution in [0.15, 0.2) is 58.9 Å². The number of hydrogen-bond donors (Lipinski definition) is 1. The molecule has 1 heterocycles. The van der Waals surface area contributed by atoms with Crippen LogP contribution in [0.3, 0.4) is 0 Å². The third-order valence-corrected chi connectivity index (χ3v) is 8.61. The number of dihydropyridines is 1. The molecule has 2 aliphatic carbocycles. The monoisotopic (exact) mass is 603 g/mol. The van der Waals surface area contributed by atoms with Crippen molar-refractivity contribution in [2.24, 2.45) is 0 Å². The van der Waals surface area contributed by atoms with Crippen LogP contribution in [0.1, 0.15) is 88.7 Å². The second-order valence-corrected chi connectivity index (χ2v) is 11.5. The molecule has 44 heavy (non-hydrogen) atoms. The topological polar surface area (TPSA) is 109 Å². The second kappa shape index (κ2) is 13.6.